The molecule has 0 aliphatic carbocycles. The average molecular weight is 371 g/mol. The van der Waals surface area contributed by atoms with Gasteiger partial charge in [0.15, 0.2) is 5.65 Å². The molecule has 2 atom stereocenters. The average Bonchev–Trinajstić information content (AvgIpc) is 3.02. The number of hydrogen-bond acceptors (Lipinski definition) is 5. The Morgan fingerprint density at radius 2 is 2.15 bits per heavy atom. The number of hydrogen-bond donors (Lipinski definition) is 2. The first-order valence-corrected chi connectivity index (χ1v) is 8.68. The van der Waals surface area contributed by atoms with E-state index in [-0.39, 0.29) is 18.0 Å². The number of rotatable bonds is 8. The van der Waals surface area contributed by atoms with Crippen molar-refractivity contribution < 1.29 is 13.9 Å². The summed E-state index contributed by atoms with van der Waals surface area (Å²) in [5, 5.41) is 10.1. The zero-order chi connectivity index (χ0) is 19.4. The van der Waals surface area contributed by atoms with Crippen molar-refractivity contribution in [1.29, 1.82) is 0 Å². The van der Waals surface area contributed by atoms with Crippen molar-refractivity contribution in [1.82, 2.24) is 19.9 Å². The van der Waals surface area contributed by atoms with E-state index in [4.69, 9.17) is 4.74 Å². The number of amides is 1. The van der Waals surface area contributed by atoms with E-state index >= 15 is 0 Å². The van der Waals surface area contributed by atoms with Gasteiger partial charge in [0.1, 0.15) is 23.5 Å². The molecule has 7 nitrogen and oxygen atoms in total. The van der Waals surface area contributed by atoms with Gasteiger partial charge in [-0.3, -0.25) is 4.79 Å². The molecule has 0 aliphatic rings. The summed E-state index contributed by atoms with van der Waals surface area (Å²) in [6.07, 6.45) is 3.94. The molecule has 0 saturated carbocycles. The summed E-state index contributed by atoms with van der Waals surface area (Å²) in [5.41, 5.74) is 2.40. The van der Waals surface area contributed by atoms with Crippen molar-refractivity contribution in [2.75, 3.05) is 11.9 Å². The van der Waals surface area contributed by atoms with Crippen LogP contribution >= 0.6 is 0 Å². The predicted molar refractivity (Wildman–Crippen MR) is 100 cm³/mol. The predicted octanol–water partition coefficient (Wildman–Crippen LogP) is 2.86. The third-order valence-corrected chi connectivity index (χ3v) is 4.16. The van der Waals surface area contributed by atoms with Crippen LogP contribution in [0.25, 0.3) is 5.65 Å². The molecule has 2 N–H and O–H groups in total. The Kier molecular flexibility index (Phi) is 5.54. The number of carbonyl (C=O) groups is 1. The molecule has 2 aromatic heterocycles. The molecular formula is C19H22FN5O2. The van der Waals surface area contributed by atoms with Gasteiger partial charge in [0.2, 0.25) is 6.41 Å². The smallest absolute Gasteiger partial charge is 0.207 e. The van der Waals surface area contributed by atoms with Crippen LogP contribution in [-0.4, -0.2) is 33.7 Å². The Hall–Kier alpha value is -3.16. The first kappa shape index (κ1) is 18.6. The molecule has 3 aromatic rings. The van der Waals surface area contributed by atoms with Crippen LogP contribution in [-0.2, 0) is 4.79 Å². The monoisotopic (exact) mass is 371 g/mol. The summed E-state index contributed by atoms with van der Waals surface area (Å²) in [7, 11) is 0. The third-order valence-electron chi connectivity index (χ3n) is 4.16. The third kappa shape index (κ3) is 4.33. The normalized spacial score (nSPS) is 13.2. The maximum absolute atomic E-state index is 13.8. The lowest BCUT2D eigenvalue weighted by atomic mass is 10.1. The molecular weight excluding hydrogens is 349 g/mol. The Morgan fingerprint density at radius 3 is 2.93 bits per heavy atom. The molecule has 8 heteroatoms. The maximum atomic E-state index is 13.8. The highest BCUT2D eigenvalue weighted by Crippen LogP contribution is 2.29. The molecule has 0 spiro atoms. The summed E-state index contributed by atoms with van der Waals surface area (Å²) in [4.78, 5) is 15.0. The van der Waals surface area contributed by atoms with Gasteiger partial charge in [-0.25, -0.2) is 13.9 Å². The van der Waals surface area contributed by atoms with E-state index in [1.54, 1.807) is 16.8 Å². The molecule has 3 rings (SSSR count). The Bertz CT molecular complexity index is 943. The molecule has 142 valence electrons. The first-order valence-electron chi connectivity index (χ1n) is 8.68. The number of nitrogens with zero attached hydrogens (tertiary/aromatic N) is 3. The van der Waals surface area contributed by atoms with Gasteiger partial charge in [-0.05, 0) is 45.0 Å². The number of ether oxygens (including phenoxy) is 1. The van der Waals surface area contributed by atoms with Gasteiger partial charge in [-0.15, -0.1) is 0 Å². The van der Waals surface area contributed by atoms with Crippen molar-refractivity contribution in [2.24, 2.45) is 0 Å². The molecule has 0 aliphatic heterocycles. The Balaban J connectivity index is 1.81. The summed E-state index contributed by atoms with van der Waals surface area (Å²) in [6.45, 7) is 6.04. The number of benzene rings is 1. The van der Waals surface area contributed by atoms with E-state index in [0.29, 0.717) is 30.1 Å². The standard InChI is InChI=1S/C19H22FN5O2/c1-12-9-22-25-7-6-18(24-19(12)25)23-14(3)16-8-15(20)4-5-17(16)27-13(2)10-21-11-26/h4-9,11,13-14H,10H2,1-3H3,(H,21,26)(H,23,24)/t13-,14+/m0/s1. The SMILES string of the molecule is Cc1cnn2ccc(N[C@H](C)c3cc(F)ccc3O[C@@H](C)CNC=O)nc12. The second-order valence-electron chi connectivity index (χ2n) is 6.41. The van der Waals surface area contributed by atoms with E-state index in [1.807, 2.05) is 33.0 Å². The van der Waals surface area contributed by atoms with E-state index in [1.165, 1.54) is 12.1 Å². The second kappa shape index (κ2) is 8.03. The summed E-state index contributed by atoms with van der Waals surface area (Å²) in [5.74, 6) is 0.863. The van der Waals surface area contributed by atoms with E-state index in [9.17, 15) is 9.18 Å². The summed E-state index contributed by atoms with van der Waals surface area (Å²) in [6, 6.07) is 5.95. The second-order valence-corrected chi connectivity index (χ2v) is 6.41. The number of aryl methyl sites for hydroxylation is 1. The molecule has 0 fully saturated rings. The van der Waals surface area contributed by atoms with Gasteiger partial charge in [-0.2, -0.15) is 5.10 Å². The fourth-order valence-electron chi connectivity index (χ4n) is 2.80. The number of nitrogens with one attached hydrogen (secondary N) is 2. The minimum absolute atomic E-state index is 0.250. The fourth-order valence-corrected chi connectivity index (χ4v) is 2.80. The quantitative estimate of drug-likeness (QED) is 0.595. The van der Waals surface area contributed by atoms with E-state index in [0.717, 1.165) is 11.2 Å². The van der Waals surface area contributed by atoms with Crippen LogP contribution in [0.15, 0.2) is 36.7 Å². The van der Waals surface area contributed by atoms with E-state index < -0.39 is 0 Å². The summed E-state index contributed by atoms with van der Waals surface area (Å²) >= 11 is 0. The number of halogens is 1. The molecule has 2 heterocycles. The van der Waals surface area contributed by atoms with Gasteiger partial charge in [0, 0.05) is 17.3 Å². The van der Waals surface area contributed by atoms with Crippen molar-refractivity contribution in [3.63, 3.8) is 0 Å². The lowest BCUT2D eigenvalue weighted by Crippen LogP contribution is -2.28. The molecule has 0 radical (unpaired) electrons. The highest BCUT2D eigenvalue weighted by molar-refractivity contribution is 5.52. The van der Waals surface area contributed by atoms with Gasteiger partial charge in [0.05, 0.1) is 18.8 Å². The van der Waals surface area contributed by atoms with Crippen LogP contribution in [0, 0.1) is 12.7 Å². The zero-order valence-electron chi connectivity index (χ0n) is 15.4. The van der Waals surface area contributed by atoms with Crippen molar-refractivity contribution in [2.45, 2.75) is 32.9 Å². The highest BCUT2D eigenvalue weighted by Gasteiger charge is 2.16. The summed E-state index contributed by atoms with van der Waals surface area (Å²) < 4.78 is 21.4. The van der Waals surface area contributed by atoms with E-state index in [2.05, 4.69) is 20.7 Å². The van der Waals surface area contributed by atoms with Crippen molar-refractivity contribution in [3.05, 3.63) is 53.6 Å². The van der Waals surface area contributed by atoms with Crippen LogP contribution in [0.3, 0.4) is 0 Å². The lowest BCUT2D eigenvalue weighted by molar-refractivity contribution is -0.109. The minimum atomic E-state index is -0.347. The van der Waals surface area contributed by atoms with Crippen LogP contribution < -0.4 is 15.4 Å². The van der Waals surface area contributed by atoms with Crippen molar-refractivity contribution >= 4 is 17.9 Å². The minimum Gasteiger partial charge on any atom is -0.489 e. The van der Waals surface area contributed by atoms with Gasteiger partial charge in [0.25, 0.3) is 0 Å². The fraction of sp³-hybridized carbons (Fsp3) is 0.316. The van der Waals surface area contributed by atoms with Crippen LogP contribution in [0.4, 0.5) is 10.2 Å². The van der Waals surface area contributed by atoms with Crippen molar-refractivity contribution in [3.8, 4) is 5.75 Å². The first-order chi connectivity index (χ1) is 13.0. The molecule has 27 heavy (non-hydrogen) atoms. The number of carbonyl (C=O) groups excluding carboxylic acids is 1. The topological polar surface area (TPSA) is 80.5 Å². The van der Waals surface area contributed by atoms with Crippen LogP contribution in [0.2, 0.25) is 0 Å². The molecule has 1 aromatic carbocycles. The molecule has 0 saturated heterocycles. The highest BCUT2D eigenvalue weighted by atomic mass is 19.1. The molecule has 0 unspecified atom stereocenters. The Morgan fingerprint density at radius 1 is 1.33 bits per heavy atom. The molecule has 1 amide bonds. The van der Waals surface area contributed by atoms with Gasteiger partial charge >= 0.3 is 0 Å². The number of anilines is 1. The maximum Gasteiger partial charge on any atom is 0.207 e. The number of fused-ring (bicyclic) bond motifs is 1. The van der Waals surface area contributed by atoms with Crippen LogP contribution in [0.5, 0.6) is 5.75 Å². The van der Waals surface area contributed by atoms with Gasteiger partial charge in [-0.1, -0.05) is 0 Å². The Labute approximate surface area is 156 Å². The lowest BCUT2D eigenvalue weighted by Gasteiger charge is -2.21. The zero-order valence-corrected chi connectivity index (χ0v) is 15.4. The molecule has 0 bridgehead atoms. The van der Waals surface area contributed by atoms with Crippen LogP contribution in [0.1, 0.15) is 31.0 Å². The van der Waals surface area contributed by atoms with Gasteiger partial charge < -0.3 is 15.4 Å². The number of aromatic nitrogens is 3. The largest absolute Gasteiger partial charge is 0.489 e.